The third kappa shape index (κ3) is 6.34. The lowest BCUT2D eigenvalue weighted by Crippen LogP contribution is -2.34. The Labute approximate surface area is 210 Å². The highest BCUT2D eigenvalue weighted by Gasteiger charge is 2.27. The minimum absolute atomic E-state index is 0.00497. The Hall–Kier alpha value is -2.42. The minimum Gasteiger partial charge on any atom is -0.342 e. The van der Waals surface area contributed by atoms with Crippen LogP contribution in [0.1, 0.15) is 46.4 Å². The smallest absolute Gasteiger partial charge is 0.253 e. The van der Waals surface area contributed by atoms with Gasteiger partial charge in [-0.05, 0) is 30.2 Å². The first-order valence-electron chi connectivity index (χ1n) is 10.3. The van der Waals surface area contributed by atoms with Crippen LogP contribution in [0.15, 0.2) is 70.8 Å². The quantitative estimate of drug-likeness (QED) is 0.192. The van der Waals surface area contributed by atoms with E-state index in [0.717, 1.165) is 4.47 Å². The van der Waals surface area contributed by atoms with Gasteiger partial charge in [0.05, 0.1) is 22.4 Å². The number of nitrogens with zero attached hydrogens (tertiary/aromatic N) is 3. The van der Waals surface area contributed by atoms with Gasteiger partial charge >= 0.3 is 0 Å². The lowest BCUT2D eigenvalue weighted by molar-refractivity contribution is 0.0921. The molecule has 0 aliphatic rings. The van der Waals surface area contributed by atoms with Crippen LogP contribution < -0.4 is 5.32 Å². The van der Waals surface area contributed by atoms with Crippen molar-refractivity contribution in [3.8, 4) is 0 Å². The molecule has 9 heteroatoms. The van der Waals surface area contributed by atoms with Crippen molar-refractivity contribution >= 4 is 51.0 Å². The van der Waals surface area contributed by atoms with Crippen LogP contribution in [0.25, 0.3) is 0 Å². The molecule has 172 valence electrons. The van der Waals surface area contributed by atoms with Gasteiger partial charge in [0.25, 0.3) is 5.91 Å². The van der Waals surface area contributed by atoms with E-state index >= 15 is 0 Å². The molecule has 1 heterocycles. The fourth-order valence-corrected chi connectivity index (χ4v) is 4.52. The number of benzene rings is 2. The summed E-state index contributed by atoms with van der Waals surface area (Å²) >= 11 is 10.9. The van der Waals surface area contributed by atoms with Crippen molar-refractivity contribution in [2.24, 2.45) is 5.92 Å². The number of aromatic nitrogens is 3. The van der Waals surface area contributed by atoms with Crippen LogP contribution in [0.4, 0.5) is 0 Å². The van der Waals surface area contributed by atoms with Crippen molar-refractivity contribution < 1.29 is 9.59 Å². The predicted molar refractivity (Wildman–Crippen MR) is 136 cm³/mol. The van der Waals surface area contributed by atoms with Crippen molar-refractivity contribution in [3.63, 3.8) is 0 Å². The van der Waals surface area contributed by atoms with Gasteiger partial charge in [-0.25, -0.2) is 0 Å². The molecule has 0 saturated carbocycles. The van der Waals surface area contributed by atoms with Crippen molar-refractivity contribution in [1.82, 2.24) is 20.1 Å². The highest BCUT2D eigenvalue weighted by Crippen LogP contribution is 2.27. The summed E-state index contributed by atoms with van der Waals surface area (Å²) in [6.45, 7) is 8.27. The van der Waals surface area contributed by atoms with E-state index in [0.29, 0.717) is 33.7 Å². The molecule has 1 atom stereocenters. The molecular formula is C24H24BrClN4O2S. The van der Waals surface area contributed by atoms with Gasteiger partial charge in [-0.15, -0.1) is 16.8 Å². The Balaban J connectivity index is 1.81. The molecule has 6 nitrogen and oxygen atoms in total. The van der Waals surface area contributed by atoms with Gasteiger partial charge in [0, 0.05) is 16.6 Å². The molecule has 0 unspecified atom stereocenters. The predicted octanol–water partition coefficient (Wildman–Crippen LogP) is 5.98. The summed E-state index contributed by atoms with van der Waals surface area (Å²) < 4.78 is 2.80. The highest BCUT2D eigenvalue weighted by atomic mass is 79.9. The number of ketones is 1. The van der Waals surface area contributed by atoms with Crippen LogP contribution in [0.2, 0.25) is 5.02 Å². The van der Waals surface area contributed by atoms with E-state index in [2.05, 4.69) is 38.0 Å². The maximum atomic E-state index is 12.9. The molecule has 1 N–H and O–H groups in total. The lowest BCUT2D eigenvalue weighted by Gasteiger charge is -2.22. The van der Waals surface area contributed by atoms with Crippen molar-refractivity contribution in [3.05, 3.63) is 87.6 Å². The third-order valence-corrected chi connectivity index (χ3v) is 6.73. The third-order valence-electron chi connectivity index (χ3n) is 4.91. The average molecular weight is 548 g/mol. The maximum absolute atomic E-state index is 12.9. The fraction of sp³-hybridized carbons (Fsp3) is 0.250. The number of amides is 1. The number of rotatable bonds is 10. The number of carbonyl (C=O) groups is 2. The fourth-order valence-electron chi connectivity index (χ4n) is 3.18. The van der Waals surface area contributed by atoms with E-state index in [-0.39, 0.29) is 23.4 Å². The minimum atomic E-state index is -0.405. The van der Waals surface area contributed by atoms with Gasteiger partial charge < -0.3 is 9.88 Å². The summed E-state index contributed by atoms with van der Waals surface area (Å²) in [6.07, 6.45) is 1.74. The van der Waals surface area contributed by atoms with Gasteiger partial charge in [-0.3, -0.25) is 9.59 Å². The molecular weight excluding hydrogens is 524 g/mol. The summed E-state index contributed by atoms with van der Waals surface area (Å²) in [4.78, 5) is 25.5. The van der Waals surface area contributed by atoms with Crippen LogP contribution >= 0.6 is 39.3 Å². The first-order chi connectivity index (χ1) is 15.8. The molecule has 0 bridgehead atoms. The van der Waals surface area contributed by atoms with E-state index in [1.165, 1.54) is 11.8 Å². The largest absolute Gasteiger partial charge is 0.342 e. The number of nitrogens with one attached hydrogen (secondary N) is 1. The standard InChI is InChI=1S/C24H24BrClN4O2S/c1-4-13-30-22(21(15(2)3)27-23(32)18-7-5-6-8-19(18)26)28-29-24(30)33-14-20(31)16-9-11-17(25)12-10-16/h4-12,15,21H,1,13-14H2,2-3H3,(H,27,32)/t21-/m1/s1. The molecule has 2 aromatic carbocycles. The monoisotopic (exact) mass is 546 g/mol. The molecule has 0 radical (unpaired) electrons. The molecule has 0 aliphatic heterocycles. The maximum Gasteiger partial charge on any atom is 0.253 e. The summed E-state index contributed by atoms with van der Waals surface area (Å²) in [6, 6.07) is 13.7. The van der Waals surface area contributed by atoms with Gasteiger partial charge in [-0.2, -0.15) is 0 Å². The van der Waals surface area contributed by atoms with E-state index in [4.69, 9.17) is 11.6 Å². The number of hydrogen-bond acceptors (Lipinski definition) is 5. The topological polar surface area (TPSA) is 76.9 Å². The second kappa shape index (κ2) is 11.6. The molecule has 1 aromatic heterocycles. The average Bonchev–Trinajstić information content (AvgIpc) is 3.18. The number of carbonyl (C=O) groups excluding carboxylic acids is 2. The van der Waals surface area contributed by atoms with Gasteiger partial charge in [0.2, 0.25) is 0 Å². The molecule has 3 rings (SSSR count). The second-order valence-corrected chi connectivity index (χ2v) is 9.90. The first kappa shape index (κ1) is 25.2. The molecule has 1 amide bonds. The highest BCUT2D eigenvalue weighted by molar-refractivity contribution is 9.10. The zero-order chi connectivity index (χ0) is 24.0. The number of Topliss-reactive ketones (excluding diaryl/α,β-unsaturated/α-hetero) is 1. The van der Waals surface area contributed by atoms with Crippen molar-refractivity contribution in [2.45, 2.75) is 31.6 Å². The van der Waals surface area contributed by atoms with Crippen molar-refractivity contribution in [2.75, 3.05) is 5.75 Å². The van der Waals surface area contributed by atoms with E-state index < -0.39 is 6.04 Å². The molecule has 0 aliphatic carbocycles. The summed E-state index contributed by atoms with van der Waals surface area (Å²) in [7, 11) is 0. The Bertz CT molecular complexity index is 1150. The Morgan fingerprint density at radius 1 is 1.18 bits per heavy atom. The Morgan fingerprint density at radius 3 is 2.52 bits per heavy atom. The molecule has 0 fully saturated rings. The number of thioether (sulfide) groups is 1. The summed E-state index contributed by atoms with van der Waals surface area (Å²) in [5.41, 5.74) is 1.03. The number of allylic oxidation sites excluding steroid dienone is 1. The number of halogens is 2. The molecule has 0 saturated heterocycles. The SMILES string of the molecule is C=CCn1c(SCC(=O)c2ccc(Br)cc2)nnc1[C@H](NC(=O)c1ccccc1Cl)C(C)C. The van der Waals surface area contributed by atoms with E-state index in [1.807, 2.05) is 30.5 Å². The second-order valence-electron chi connectivity index (χ2n) is 7.63. The molecule has 0 spiro atoms. The van der Waals surface area contributed by atoms with Gasteiger partial charge in [-0.1, -0.05) is 83.5 Å². The number of hydrogen-bond donors (Lipinski definition) is 1. The van der Waals surface area contributed by atoms with Crippen molar-refractivity contribution in [1.29, 1.82) is 0 Å². The molecule has 3 aromatic rings. The van der Waals surface area contributed by atoms with Crippen LogP contribution in [0.3, 0.4) is 0 Å². The normalized spacial score (nSPS) is 11.9. The lowest BCUT2D eigenvalue weighted by atomic mass is 10.0. The molecule has 33 heavy (non-hydrogen) atoms. The first-order valence-corrected chi connectivity index (χ1v) is 12.5. The Morgan fingerprint density at radius 2 is 1.88 bits per heavy atom. The summed E-state index contributed by atoms with van der Waals surface area (Å²) in [5, 5.41) is 12.7. The van der Waals surface area contributed by atoms with E-state index in [1.54, 1.807) is 42.5 Å². The Kier molecular flexibility index (Phi) is 8.88. The zero-order valence-corrected chi connectivity index (χ0v) is 21.5. The van der Waals surface area contributed by atoms with Gasteiger partial charge in [0.15, 0.2) is 16.8 Å². The zero-order valence-electron chi connectivity index (χ0n) is 18.3. The van der Waals surface area contributed by atoms with Crippen LogP contribution in [-0.4, -0.2) is 32.2 Å². The van der Waals surface area contributed by atoms with Crippen LogP contribution in [0, 0.1) is 5.92 Å². The van der Waals surface area contributed by atoms with E-state index in [9.17, 15) is 9.59 Å². The van der Waals surface area contributed by atoms with Crippen LogP contribution in [0.5, 0.6) is 0 Å². The van der Waals surface area contributed by atoms with Gasteiger partial charge in [0.1, 0.15) is 0 Å². The van der Waals surface area contributed by atoms with Crippen LogP contribution in [-0.2, 0) is 6.54 Å². The summed E-state index contributed by atoms with van der Waals surface area (Å²) in [5.74, 6) is 0.562.